The third kappa shape index (κ3) is 42.1. The van der Waals surface area contributed by atoms with E-state index >= 15 is 0 Å². The van der Waals surface area contributed by atoms with Gasteiger partial charge in [-0.1, -0.05) is 194 Å². The Morgan fingerprint density at radius 3 is 1.25 bits per heavy atom. The quantitative estimate of drug-likeness (QED) is 0.0228. The number of carboxylic acid groups (broad SMARTS) is 1. The van der Waals surface area contributed by atoms with Crippen molar-refractivity contribution < 1.29 is 58.2 Å². The maximum atomic E-state index is 13.2. The second-order valence-corrected chi connectivity index (χ2v) is 19.9. The summed E-state index contributed by atoms with van der Waals surface area (Å²) in [7, 11) is 0. The first kappa shape index (κ1) is 70.4. The summed E-state index contributed by atoms with van der Waals surface area (Å²) in [6.07, 6.45) is 57.6. The molecule has 3 N–H and O–H groups in total. The minimum atomic E-state index is -1.92. The van der Waals surface area contributed by atoms with Crippen LogP contribution in [0.4, 0.5) is 0 Å². The van der Waals surface area contributed by atoms with E-state index in [2.05, 4.69) is 130 Å². The monoisotopic (exact) mass is 1080 g/mol. The third-order valence-electron chi connectivity index (χ3n) is 12.8. The molecule has 0 spiro atoms. The van der Waals surface area contributed by atoms with Gasteiger partial charge in [0.05, 0.1) is 6.61 Å². The number of carbonyl (C=O) groups is 4. The zero-order valence-corrected chi connectivity index (χ0v) is 47.9. The molecule has 0 aromatic carbocycles. The van der Waals surface area contributed by atoms with Crippen molar-refractivity contribution in [3.8, 4) is 0 Å². The van der Waals surface area contributed by atoms with Crippen LogP contribution >= 0.6 is 0 Å². The van der Waals surface area contributed by atoms with Crippen molar-refractivity contribution in [2.75, 3.05) is 13.2 Å². The first-order valence-corrected chi connectivity index (χ1v) is 29.9. The van der Waals surface area contributed by atoms with Gasteiger partial charge in [-0.25, -0.2) is 4.79 Å². The minimum absolute atomic E-state index is 0.0346. The lowest BCUT2D eigenvalue weighted by Crippen LogP contribution is -2.61. The standard InChI is InChI=1S/C65H104O12/c1-4-7-10-13-16-19-22-25-28-29-32-33-36-39-42-45-48-51-57(66)73-54-56(75-58(67)52-49-46-43-40-37-34-30-26-23-20-17-14-11-8-5-2)55-74-65-63(61(70)60(69)62(77-65)64(71)72)76-59(68)53-50-47-44-41-38-35-31-27-24-21-18-15-12-9-6-3/h7-8,10-11,16-21,25-28,30-33,56,60-63,65,69-70H,4-6,9,12-15,22-24,29,34-55H2,1-3H3,(H,71,72)/b10-7-,11-8-,19-16-,20-17-,21-18-,28-25-,30-26-,31-27-,33-32-. The van der Waals surface area contributed by atoms with Crippen molar-refractivity contribution in [2.45, 2.75) is 263 Å². The summed E-state index contributed by atoms with van der Waals surface area (Å²) in [6, 6.07) is 0. The van der Waals surface area contributed by atoms with Gasteiger partial charge < -0.3 is 39.0 Å². The number of hydrogen-bond acceptors (Lipinski definition) is 11. The highest BCUT2D eigenvalue weighted by molar-refractivity contribution is 5.74. The van der Waals surface area contributed by atoms with Gasteiger partial charge in [-0.05, 0) is 122 Å². The summed E-state index contributed by atoms with van der Waals surface area (Å²) in [6.45, 7) is 5.69. The van der Waals surface area contributed by atoms with Gasteiger partial charge in [0.25, 0.3) is 0 Å². The highest BCUT2D eigenvalue weighted by atomic mass is 16.7. The Morgan fingerprint density at radius 1 is 0.442 bits per heavy atom. The molecule has 1 rings (SSSR count). The van der Waals surface area contributed by atoms with Crippen molar-refractivity contribution in [3.05, 3.63) is 109 Å². The maximum Gasteiger partial charge on any atom is 0.335 e. The lowest BCUT2D eigenvalue weighted by atomic mass is 9.98. The van der Waals surface area contributed by atoms with E-state index in [4.69, 9.17) is 23.7 Å². The van der Waals surface area contributed by atoms with Crippen LogP contribution in [0.2, 0.25) is 0 Å². The van der Waals surface area contributed by atoms with Crippen LogP contribution in [0, 0.1) is 0 Å². The number of hydrogen-bond donors (Lipinski definition) is 3. The summed E-state index contributed by atoms with van der Waals surface area (Å²) >= 11 is 0. The molecule has 0 aromatic rings. The highest BCUT2D eigenvalue weighted by Gasteiger charge is 2.50. The fourth-order valence-electron chi connectivity index (χ4n) is 8.28. The minimum Gasteiger partial charge on any atom is -0.479 e. The number of aliphatic hydroxyl groups excluding tert-OH is 2. The number of esters is 3. The molecule has 77 heavy (non-hydrogen) atoms. The van der Waals surface area contributed by atoms with Crippen LogP contribution in [0.3, 0.4) is 0 Å². The average molecular weight is 1080 g/mol. The molecule has 0 saturated carbocycles. The Labute approximate surface area is 465 Å². The van der Waals surface area contributed by atoms with E-state index in [1.807, 2.05) is 0 Å². The summed E-state index contributed by atoms with van der Waals surface area (Å²) in [5.41, 5.74) is 0. The fourth-order valence-corrected chi connectivity index (χ4v) is 8.28. The van der Waals surface area contributed by atoms with E-state index in [9.17, 15) is 34.5 Å². The molecule has 1 saturated heterocycles. The number of carbonyl (C=O) groups excluding carboxylic acids is 3. The molecule has 6 atom stereocenters. The molecule has 1 aliphatic rings. The van der Waals surface area contributed by atoms with Gasteiger partial charge in [-0.15, -0.1) is 0 Å². The Kier molecular flexibility index (Phi) is 47.6. The van der Waals surface area contributed by atoms with Gasteiger partial charge in [-0.2, -0.15) is 0 Å². The van der Waals surface area contributed by atoms with E-state index in [1.165, 1.54) is 19.3 Å². The van der Waals surface area contributed by atoms with Crippen molar-refractivity contribution in [1.82, 2.24) is 0 Å². The molecular formula is C65H104O12. The van der Waals surface area contributed by atoms with Crippen molar-refractivity contribution in [3.63, 3.8) is 0 Å². The van der Waals surface area contributed by atoms with Crippen molar-refractivity contribution >= 4 is 23.9 Å². The molecule has 1 heterocycles. The lowest BCUT2D eigenvalue weighted by Gasteiger charge is -2.40. The number of allylic oxidation sites excluding steroid dienone is 18. The van der Waals surface area contributed by atoms with E-state index in [0.29, 0.717) is 19.3 Å². The number of unbranched alkanes of at least 4 members (excludes halogenated alkanes) is 17. The Bertz CT molecular complexity index is 1750. The number of aliphatic hydroxyl groups is 2. The van der Waals surface area contributed by atoms with Crippen LogP contribution in [-0.2, 0) is 42.9 Å². The Balaban J connectivity index is 2.73. The molecule has 0 radical (unpaired) electrons. The zero-order chi connectivity index (χ0) is 56.1. The molecular weight excluding hydrogens is 973 g/mol. The maximum absolute atomic E-state index is 13.2. The molecule has 6 unspecified atom stereocenters. The first-order chi connectivity index (χ1) is 37.6. The summed E-state index contributed by atoms with van der Waals surface area (Å²) in [5, 5.41) is 31.5. The summed E-state index contributed by atoms with van der Waals surface area (Å²) < 4.78 is 28.4. The molecule has 0 amide bonds. The van der Waals surface area contributed by atoms with Gasteiger partial charge in [0.1, 0.15) is 18.8 Å². The van der Waals surface area contributed by atoms with Gasteiger partial charge in [0.15, 0.2) is 24.6 Å². The van der Waals surface area contributed by atoms with Crippen LogP contribution in [0.5, 0.6) is 0 Å². The number of aliphatic carboxylic acids is 1. The van der Waals surface area contributed by atoms with Crippen LogP contribution in [-0.4, -0.2) is 89.2 Å². The van der Waals surface area contributed by atoms with Crippen LogP contribution < -0.4 is 0 Å². The molecule has 0 bridgehead atoms. The number of ether oxygens (including phenoxy) is 5. The molecule has 0 aromatic heterocycles. The SMILES string of the molecule is CC/C=C\C/C=C\C/C=C\C/C=C\CCCCCCC(=O)OCC(COC1OC(C(=O)O)C(O)C(O)C1OC(=O)CCCCCCC/C=C\C/C=C\CCCCC)OC(=O)CCCCCCC/C=C\C/C=C\C/C=C\CC. The molecule has 1 fully saturated rings. The summed E-state index contributed by atoms with van der Waals surface area (Å²) in [4.78, 5) is 51.2. The van der Waals surface area contributed by atoms with Crippen LogP contribution in [0.25, 0.3) is 0 Å². The predicted octanol–water partition coefficient (Wildman–Crippen LogP) is 15.4. The van der Waals surface area contributed by atoms with E-state index in [0.717, 1.165) is 148 Å². The van der Waals surface area contributed by atoms with Crippen LogP contribution in [0.1, 0.15) is 226 Å². The van der Waals surface area contributed by atoms with Gasteiger partial charge in [0, 0.05) is 19.3 Å². The van der Waals surface area contributed by atoms with Crippen molar-refractivity contribution in [1.29, 1.82) is 0 Å². The predicted molar refractivity (Wildman–Crippen MR) is 312 cm³/mol. The van der Waals surface area contributed by atoms with E-state index in [-0.39, 0.29) is 25.9 Å². The topological polar surface area (TPSA) is 175 Å². The fraction of sp³-hybridized carbons (Fsp3) is 0.662. The smallest absolute Gasteiger partial charge is 0.335 e. The molecule has 12 nitrogen and oxygen atoms in total. The largest absolute Gasteiger partial charge is 0.479 e. The second kappa shape index (κ2) is 52.1. The Morgan fingerprint density at radius 2 is 0.818 bits per heavy atom. The zero-order valence-electron chi connectivity index (χ0n) is 47.9. The molecule has 12 heteroatoms. The van der Waals surface area contributed by atoms with Crippen LogP contribution in [0.15, 0.2) is 109 Å². The average Bonchev–Trinajstić information content (AvgIpc) is 3.42. The first-order valence-electron chi connectivity index (χ1n) is 29.9. The molecule has 0 aliphatic carbocycles. The highest BCUT2D eigenvalue weighted by Crippen LogP contribution is 2.26. The van der Waals surface area contributed by atoms with E-state index < -0.39 is 67.3 Å². The molecule has 436 valence electrons. The Hall–Kier alpha value is -4.62. The normalized spacial score (nSPS) is 18.8. The second-order valence-electron chi connectivity index (χ2n) is 19.9. The summed E-state index contributed by atoms with van der Waals surface area (Å²) in [5.74, 6) is -3.20. The number of carboxylic acids is 1. The van der Waals surface area contributed by atoms with Gasteiger partial charge in [-0.3, -0.25) is 14.4 Å². The van der Waals surface area contributed by atoms with Gasteiger partial charge >= 0.3 is 23.9 Å². The molecule has 1 aliphatic heterocycles. The van der Waals surface area contributed by atoms with Crippen molar-refractivity contribution in [2.24, 2.45) is 0 Å². The lowest BCUT2D eigenvalue weighted by molar-refractivity contribution is -0.301. The van der Waals surface area contributed by atoms with E-state index in [1.54, 1.807) is 0 Å². The third-order valence-corrected chi connectivity index (χ3v) is 12.8. The number of rotatable bonds is 49. The van der Waals surface area contributed by atoms with Gasteiger partial charge in [0.2, 0.25) is 0 Å².